The van der Waals surface area contributed by atoms with Gasteiger partial charge in [-0.15, -0.1) is 0 Å². The quantitative estimate of drug-likeness (QED) is 0.838. The smallest absolute Gasteiger partial charge is 0.308 e. The van der Waals surface area contributed by atoms with Crippen molar-refractivity contribution in [3.63, 3.8) is 0 Å². The Balaban J connectivity index is 1.59. The van der Waals surface area contributed by atoms with Crippen LogP contribution < -0.4 is 0 Å². The van der Waals surface area contributed by atoms with Crippen molar-refractivity contribution < 1.29 is 19.5 Å². The fourth-order valence-electron chi connectivity index (χ4n) is 4.70. The predicted octanol–water partition coefficient (Wildman–Crippen LogP) is 2.26. The van der Waals surface area contributed by atoms with E-state index in [1.807, 2.05) is 12.1 Å². The van der Waals surface area contributed by atoms with E-state index in [9.17, 15) is 19.5 Å². The topological polar surface area (TPSA) is 74.7 Å². The summed E-state index contributed by atoms with van der Waals surface area (Å²) < 4.78 is 1.02. The average molecular weight is 392 g/mol. The van der Waals surface area contributed by atoms with Crippen molar-refractivity contribution in [1.82, 2.24) is 4.90 Å². The van der Waals surface area contributed by atoms with Gasteiger partial charge < -0.3 is 10.0 Å². The highest BCUT2D eigenvalue weighted by molar-refractivity contribution is 9.10. The van der Waals surface area contributed by atoms with Crippen LogP contribution in [0.4, 0.5) is 0 Å². The molecule has 5 nitrogen and oxygen atoms in total. The van der Waals surface area contributed by atoms with Gasteiger partial charge in [-0.1, -0.05) is 22.0 Å². The van der Waals surface area contributed by atoms with E-state index in [4.69, 9.17) is 0 Å². The lowest BCUT2D eigenvalue weighted by atomic mass is 9.78. The van der Waals surface area contributed by atoms with E-state index < -0.39 is 29.6 Å². The predicted molar refractivity (Wildman–Crippen MR) is 89.1 cm³/mol. The Bertz CT molecular complexity index is 747. The lowest BCUT2D eigenvalue weighted by Gasteiger charge is -2.34. The number of carboxylic acid groups (broad SMARTS) is 1. The van der Waals surface area contributed by atoms with Crippen LogP contribution in [-0.4, -0.2) is 34.2 Å². The van der Waals surface area contributed by atoms with Crippen molar-refractivity contribution in [2.75, 3.05) is 6.54 Å². The molecule has 2 bridgehead atoms. The molecule has 2 aliphatic carbocycles. The highest BCUT2D eigenvalue weighted by atomic mass is 79.9. The summed E-state index contributed by atoms with van der Waals surface area (Å²) in [6, 6.07) is 6.02. The van der Waals surface area contributed by atoms with E-state index in [2.05, 4.69) is 22.0 Å². The SMILES string of the molecule is O=C1C2CCC1C(C(=O)N1CCc3cc(Br)ccc3C1)C2C(=O)O. The molecule has 0 aromatic heterocycles. The maximum atomic E-state index is 13.0. The van der Waals surface area contributed by atoms with Gasteiger partial charge in [0.15, 0.2) is 0 Å². The Hall–Kier alpha value is -1.69. The highest BCUT2D eigenvalue weighted by Gasteiger charge is 2.60. The van der Waals surface area contributed by atoms with Crippen LogP contribution in [0.1, 0.15) is 24.0 Å². The summed E-state index contributed by atoms with van der Waals surface area (Å²) in [6.45, 7) is 1.08. The molecule has 4 atom stereocenters. The molecule has 6 heteroatoms. The maximum Gasteiger partial charge on any atom is 0.308 e. The van der Waals surface area contributed by atoms with Crippen LogP contribution in [-0.2, 0) is 27.3 Å². The first-order chi connectivity index (χ1) is 11.5. The normalized spacial score (nSPS) is 31.2. The summed E-state index contributed by atoms with van der Waals surface area (Å²) in [4.78, 5) is 38.7. The largest absolute Gasteiger partial charge is 0.481 e. The number of hydrogen-bond acceptors (Lipinski definition) is 3. The maximum absolute atomic E-state index is 13.0. The van der Waals surface area contributed by atoms with E-state index >= 15 is 0 Å². The molecule has 1 aromatic rings. The van der Waals surface area contributed by atoms with E-state index in [0.717, 1.165) is 16.5 Å². The van der Waals surface area contributed by atoms with Crippen LogP contribution in [0.2, 0.25) is 0 Å². The first-order valence-electron chi connectivity index (χ1n) is 8.30. The van der Waals surface area contributed by atoms with Crippen molar-refractivity contribution in [3.05, 3.63) is 33.8 Å². The van der Waals surface area contributed by atoms with E-state index in [0.29, 0.717) is 25.9 Å². The van der Waals surface area contributed by atoms with Crippen LogP contribution in [0.25, 0.3) is 0 Å². The minimum Gasteiger partial charge on any atom is -0.481 e. The molecule has 1 N–H and O–H groups in total. The molecule has 1 aliphatic heterocycles. The van der Waals surface area contributed by atoms with Gasteiger partial charge in [0, 0.05) is 29.4 Å². The minimum atomic E-state index is -1.00. The molecule has 2 fully saturated rings. The molecule has 0 spiro atoms. The van der Waals surface area contributed by atoms with Crippen LogP contribution in [0.3, 0.4) is 0 Å². The second-order valence-electron chi connectivity index (χ2n) is 7.01. The van der Waals surface area contributed by atoms with Crippen molar-refractivity contribution >= 4 is 33.6 Å². The Morgan fingerprint density at radius 2 is 1.83 bits per heavy atom. The first-order valence-corrected chi connectivity index (χ1v) is 9.09. The summed E-state index contributed by atoms with van der Waals surface area (Å²) in [5.74, 6) is -3.54. The first kappa shape index (κ1) is 15.8. The Labute approximate surface area is 148 Å². The molecule has 1 aromatic carbocycles. The lowest BCUT2D eigenvalue weighted by Crippen LogP contribution is -2.45. The monoisotopic (exact) mass is 391 g/mol. The summed E-state index contributed by atoms with van der Waals surface area (Å²) in [7, 11) is 0. The Morgan fingerprint density at radius 1 is 1.12 bits per heavy atom. The van der Waals surface area contributed by atoms with Gasteiger partial charge in [0.25, 0.3) is 0 Å². The number of nitrogens with zero attached hydrogens (tertiary/aromatic N) is 1. The number of aliphatic carboxylic acids is 1. The zero-order chi connectivity index (χ0) is 17.0. The number of carboxylic acids is 1. The number of amides is 1. The van der Waals surface area contributed by atoms with E-state index in [-0.39, 0.29) is 11.7 Å². The van der Waals surface area contributed by atoms with Gasteiger partial charge >= 0.3 is 5.97 Å². The third kappa shape index (κ3) is 2.31. The molecular weight excluding hydrogens is 374 g/mol. The molecule has 4 rings (SSSR count). The van der Waals surface area contributed by atoms with Crippen LogP contribution >= 0.6 is 15.9 Å². The van der Waals surface area contributed by atoms with Crippen molar-refractivity contribution in [1.29, 1.82) is 0 Å². The van der Waals surface area contributed by atoms with Crippen LogP contribution in [0.5, 0.6) is 0 Å². The molecule has 4 unspecified atom stereocenters. The molecule has 126 valence electrons. The number of carbonyl (C=O) groups excluding carboxylic acids is 2. The number of benzene rings is 1. The standard InChI is InChI=1S/C18H18BrNO4/c19-11-2-1-10-8-20(6-5-9(10)7-11)17(22)14-12-3-4-13(16(12)21)15(14)18(23)24/h1-2,7,12-15H,3-6,8H2,(H,23,24). The van der Waals surface area contributed by atoms with Gasteiger partial charge in [0.1, 0.15) is 5.78 Å². The number of halogens is 1. The van der Waals surface area contributed by atoms with Gasteiger partial charge in [0.2, 0.25) is 5.91 Å². The molecule has 1 heterocycles. The Kier molecular flexibility index (Phi) is 3.75. The molecule has 3 aliphatic rings. The zero-order valence-electron chi connectivity index (χ0n) is 13.1. The third-order valence-electron chi connectivity index (χ3n) is 5.84. The van der Waals surface area contributed by atoms with Gasteiger partial charge in [-0.3, -0.25) is 14.4 Å². The number of carbonyl (C=O) groups is 3. The summed E-state index contributed by atoms with van der Waals surface area (Å²) in [6.07, 6.45) is 2.02. The number of Topliss-reactive ketones (excluding diaryl/α,β-unsaturated/α-hetero) is 1. The summed E-state index contributed by atoms with van der Waals surface area (Å²) in [5.41, 5.74) is 2.31. The molecule has 0 radical (unpaired) electrons. The summed E-state index contributed by atoms with van der Waals surface area (Å²) >= 11 is 3.46. The summed E-state index contributed by atoms with van der Waals surface area (Å²) in [5, 5.41) is 9.53. The highest BCUT2D eigenvalue weighted by Crippen LogP contribution is 2.50. The van der Waals surface area contributed by atoms with Gasteiger partial charge in [-0.05, 0) is 42.5 Å². The second-order valence-corrected chi connectivity index (χ2v) is 7.92. The minimum absolute atomic E-state index is 0.0120. The number of hydrogen-bond donors (Lipinski definition) is 1. The molecule has 2 saturated carbocycles. The fraction of sp³-hybridized carbons (Fsp3) is 0.500. The van der Waals surface area contributed by atoms with E-state index in [1.165, 1.54) is 5.56 Å². The van der Waals surface area contributed by atoms with Crippen LogP contribution in [0, 0.1) is 23.7 Å². The fourth-order valence-corrected chi connectivity index (χ4v) is 5.11. The molecule has 0 saturated heterocycles. The molecular formula is C18H18BrNO4. The van der Waals surface area contributed by atoms with Gasteiger partial charge in [-0.25, -0.2) is 0 Å². The zero-order valence-corrected chi connectivity index (χ0v) is 14.7. The third-order valence-corrected chi connectivity index (χ3v) is 6.33. The number of fused-ring (bicyclic) bond motifs is 3. The van der Waals surface area contributed by atoms with E-state index in [1.54, 1.807) is 4.90 Å². The Morgan fingerprint density at radius 3 is 2.54 bits per heavy atom. The number of rotatable bonds is 2. The average Bonchev–Trinajstić information content (AvgIpc) is 3.06. The molecule has 1 amide bonds. The van der Waals surface area contributed by atoms with Crippen molar-refractivity contribution in [3.8, 4) is 0 Å². The second kappa shape index (κ2) is 5.69. The number of ketones is 1. The van der Waals surface area contributed by atoms with Crippen molar-refractivity contribution in [2.24, 2.45) is 23.7 Å². The molecule has 24 heavy (non-hydrogen) atoms. The lowest BCUT2D eigenvalue weighted by molar-refractivity contribution is -0.153. The van der Waals surface area contributed by atoms with Gasteiger partial charge in [0.05, 0.1) is 11.8 Å². The van der Waals surface area contributed by atoms with Crippen LogP contribution in [0.15, 0.2) is 22.7 Å². The van der Waals surface area contributed by atoms with Gasteiger partial charge in [-0.2, -0.15) is 0 Å². The van der Waals surface area contributed by atoms with Crippen molar-refractivity contribution in [2.45, 2.75) is 25.8 Å².